The van der Waals surface area contributed by atoms with E-state index in [1.54, 1.807) is 49.8 Å². The number of pyridine rings is 1. The molecule has 7 heteroatoms. The summed E-state index contributed by atoms with van der Waals surface area (Å²) in [6.07, 6.45) is 7.37. The second-order valence-corrected chi connectivity index (χ2v) is 9.71. The van der Waals surface area contributed by atoms with Crippen molar-refractivity contribution in [3.8, 4) is 11.7 Å². The first-order valence-electron chi connectivity index (χ1n) is 10.7. The van der Waals surface area contributed by atoms with Gasteiger partial charge in [0, 0.05) is 13.6 Å². The fourth-order valence-electron chi connectivity index (χ4n) is 4.82. The Morgan fingerprint density at radius 2 is 1.97 bits per heavy atom. The zero-order chi connectivity index (χ0) is 21.4. The van der Waals surface area contributed by atoms with Gasteiger partial charge in [0.25, 0.3) is 0 Å². The predicted octanol–water partition coefficient (Wildman–Crippen LogP) is 4.84. The van der Waals surface area contributed by atoms with Crippen LogP contribution in [0.25, 0.3) is 5.82 Å². The molecule has 2 aromatic heterocycles. The van der Waals surface area contributed by atoms with E-state index in [1.807, 2.05) is 0 Å². The van der Waals surface area contributed by atoms with Gasteiger partial charge in [-0.3, -0.25) is 0 Å². The van der Waals surface area contributed by atoms with Crippen molar-refractivity contribution in [3.63, 3.8) is 0 Å². The molecular weight excluding hydrogens is 390 g/mol. The van der Waals surface area contributed by atoms with Crippen molar-refractivity contribution in [1.29, 1.82) is 0 Å². The fraction of sp³-hybridized carbons (Fsp3) is 0.591. The molecule has 2 heterocycles. The van der Waals surface area contributed by atoms with E-state index in [9.17, 15) is 4.79 Å². The molecule has 0 unspecified atom stereocenters. The molecule has 0 radical (unpaired) electrons. The Morgan fingerprint density at radius 3 is 2.55 bits per heavy atom. The monoisotopic (exact) mass is 416 g/mol. The van der Waals surface area contributed by atoms with E-state index in [-0.39, 0.29) is 16.6 Å². The maximum atomic E-state index is 12.2. The molecular formula is C22H26ClN3O3. The smallest absolute Gasteiger partial charge is 0.341 e. The Labute approximate surface area is 177 Å². The molecule has 0 N–H and O–H groups in total. The van der Waals surface area contributed by atoms with Gasteiger partial charge in [-0.1, -0.05) is 11.6 Å². The zero-order valence-electron chi connectivity index (χ0n) is 18.0. The molecule has 6 nitrogen and oxygen atoms in total. The summed E-state index contributed by atoms with van der Waals surface area (Å²) in [6.45, 7) is 5.89. The highest BCUT2D eigenvalue weighted by atomic mass is 35.5. The van der Waals surface area contributed by atoms with Crippen LogP contribution in [-0.4, -0.2) is 32.9 Å². The molecule has 3 saturated carbocycles. The average Bonchev–Trinajstić information content (AvgIpc) is 3.58. The van der Waals surface area contributed by atoms with Crippen LogP contribution in [-0.2, 0) is 4.74 Å². The van der Waals surface area contributed by atoms with E-state index in [0.29, 0.717) is 29.1 Å². The number of hydrogen-bond donors (Lipinski definition) is 0. The van der Waals surface area contributed by atoms with Gasteiger partial charge >= 0.3 is 5.97 Å². The molecule has 29 heavy (non-hydrogen) atoms. The van der Waals surface area contributed by atoms with E-state index in [4.69, 9.17) is 22.4 Å². The minimum atomic E-state index is -0.607. The predicted molar refractivity (Wildman–Crippen MR) is 108 cm³/mol. The lowest BCUT2D eigenvalue weighted by atomic mass is 10.2. The van der Waals surface area contributed by atoms with E-state index >= 15 is 0 Å². The number of nitrogens with zero attached hydrogens (tertiary/aromatic N) is 3. The van der Waals surface area contributed by atoms with Gasteiger partial charge < -0.3 is 9.47 Å². The van der Waals surface area contributed by atoms with E-state index in [2.05, 4.69) is 10.1 Å². The Hall–Kier alpha value is -2.08. The molecule has 3 aliphatic carbocycles. The van der Waals surface area contributed by atoms with Crippen LogP contribution in [0.2, 0.25) is 5.15 Å². The molecule has 0 saturated heterocycles. The van der Waals surface area contributed by atoms with Gasteiger partial charge in [0.05, 0.1) is 12.2 Å². The van der Waals surface area contributed by atoms with Crippen LogP contribution in [0, 0.1) is 16.7 Å². The number of rotatable bonds is 6. The van der Waals surface area contributed by atoms with Crippen molar-refractivity contribution in [2.45, 2.75) is 58.5 Å². The Kier molecular flexibility index (Phi) is 3.80. The molecule has 0 atom stereocenters. The van der Waals surface area contributed by atoms with Crippen LogP contribution < -0.4 is 4.74 Å². The highest BCUT2D eigenvalue weighted by Gasteiger charge is 2.85. The number of ether oxygens (including phenoxy) is 2. The number of halogens is 1. The van der Waals surface area contributed by atoms with Crippen molar-refractivity contribution in [2.75, 3.05) is 6.61 Å². The standard InChI is InChI=1S/C22H26ClN3O3/c1-20(2,3)29-19(27)14-4-5-16(24-18(14)23)26-12-6-17(25-26)28-13-7-15-21(8-9-21)22(15)10-11-22/h4-6,12,15H,7-11,13H2,1-3H3/i15D. The third-order valence-corrected chi connectivity index (χ3v) is 6.65. The first-order chi connectivity index (χ1) is 14.1. The van der Waals surface area contributed by atoms with Crippen molar-refractivity contribution in [2.24, 2.45) is 16.7 Å². The van der Waals surface area contributed by atoms with Gasteiger partial charge in [-0.25, -0.2) is 14.5 Å². The molecule has 3 aliphatic rings. The highest BCUT2D eigenvalue weighted by molar-refractivity contribution is 6.32. The second kappa shape index (κ2) is 6.21. The summed E-state index contributed by atoms with van der Waals surface area (Å²) < 4.78 is 21.6. The van der Waals surface area contributed by atoms with Gasteiger partial charge in [0.1, 0.15) is 10.8 Å². The number of hydrogen-bond acceptors (Lipinski definition) is 5. The highest BCUT2D eigenvalue weighted by Crippen LogP contribution is 2.93. The van der Waals surface area contributed by atoms with Crippen molar-refractivity contribution in [3.05, 3.63) is 35.1 Å². The number of carbonyl (C=O) groups excluding carboxylic acids is 1. The Bertz CT molecular complexity index is 1000. The van der Waals surface area contributed by atoms with Gasteiger partial charge in [-0.15, -0.1) is 5.10 Å². The summed E-state index contributed by atoms with van der Waals surface area (Å²) in [4.78, 5) is 16.5. The lowest BCUT2D eigenvalue weighted by Gasteiger charge is -2.19. The first-order valence-corrected chi connectivity index (χ1v) is 10.6. The number of aromatic nitrogens is 3. The normalized spacial score (nSPS) is 22.3. The van der Waals surface area contributed by atoms with Crippen LogP contribution in [0.3, 0.4) is 0 Å². The lowest BCUT2D eigenvalue weighted by Crippen LogP contribution is -2.24. The van der Waals surface area contributed by atoms with E-state index in [0.717, 1.165) is 6.42 Å². The zero-order valence-corrected chi connectivity index (χ0v) is 17.8. The maximum Gasteiger partial charge on any atom is 0.341 e. The third-order valence-electron chi connectivity index (χ3n) is 6.36. The molecule has 0 aromatic carbocycles. The maximum absolute atomic E-state index is 12.2. The van der Waals surface area contributed by atoms with Gasteiger partial charge in [0.15, 0.2) is 5.82 Å². The molecule has 154 valence electrons. The minimum Gasteiger partial charge on any atom is -0.477 e. The van der Waals surface area contributed by atoms with Crippen molar-refractivity contribution < 1.29 is 15.6 Å². The van der Waals surface area contributed by atoms with Crippen LogP contribution in [0.1, 0.15) is 64.6 Å². The fourth-order valence-corrected chi connectivity index (χ4v) is 5.04. The van der Waals surface area contributed by atoms with Crippen LogP contribution in [0.4, 0.5) is 0 Å². The topological polar surface area (TPSA) is 66.2 Å². The summed E-state index contributed by atoms with van der Waals surface area (Å²) in [7, 11) is 0. The summed E-state index contributed by atoms with van der Waals surface area (Å²) in [5.41, 5.74) is 0.245. The van der Waals surface area contributed by atoms with Crippen LogP contribution in [0.5, 0.6) is 5.88 Å². The second-order valence-electron chi connectivity index (χ2n) is 9.35. The number of carbonyl (C=O) groups is 1. The molecule has 0 aliphatic heterocycles. The molecule has 2 spiro atoms. The van der Waals surface area contributed by atoms with Gasteiger partial charge in [-0.2, -0.15) is 0 Å². The Morgan fingerprint density at radius 1 is 1.28 bits per heavy atom. The molecule has 0 bridgehead atoms. The summed E-state index contributed by atoms with van der Waals surface area (Å²) in [5, 5.41) is 4.46. The summed E-state index contributed by atoms with van der Waals surface area (Å²) in [6, 6.07) is 5.02. The van der Waals surface area contributed by atoms with Crippen LogP contribution >= 0.6 is 11.6 Å². The lowest BCUT2D eigenvalue weighted by molar-refractivity contribution is 0.00693. The molecule has 0 amide bonds. The number of esters is 1. The van der Waals surface area contributed by atoms with E-state index < -0.39 is 11.6 Å². The summed E-state index contributed by atoms with van der Waals surface area (Å²) >= 11 is 6.21. The van der Waals surface area contributed by atoms with Gasteiger partial charge in [0.2, 0.25) is 5.88 Å². The van der Waals surface area contributed by atoms with Crippen molar-refractivity contribution in [1.82, 2.24) is 14.8 Å². The molecule has 2 aromatic rings. The Balaban J connectivity index is 1.21. The van der Waals surface area contributed by atoms with Crippen molar-refractivity contribution >= 4 is 17.6 Å². The first kappa shape index (κ1) is 17.8. The quantitative estimate of drug-likeness (QED) is 0.498. The minimum absolute atomic E-state index is 0.0639. The summed E-state index contributed by atoms with van der Waals surface area (Å²) in [5.74, 6) is 0.176. The molecule has 5 rings (SSSR count). The largest absolute Gasteiger partial charge is 0.477 e. The number of fused-ring (bicyclic) bond motifs is 1. The molecule has 3 fully saturated rings. The third kappa shape index (κ3) is 3.21. The van der Waals surface area contributed by atoms with E-state index in [1.165, 1.54) is 25.7 Å². The average molecular weight is 417 g/mol. The van der Waals surface area contributed by atoms with Crippen LogP contribution in [0.15, 0.2) is 24.4 Å². The van der Waals surface area contributed by atoms with Gasteiger partial charge in [-0.05, 0) is 81.7 Å². The SMILES string of the molecule is [2H]C1(CCOc2ccn(-c3ccc(C(=O)OC(C)(C)C)c(Cl)n3)n2)C2(CC2)C12CC2.